The molecule has 0 aromatic heterocycles. The van der Waals surface area contributed by atoms with Gasteiger partial charge in [-0.2, -0.15) is 0 Å². The van der Waals surface area contributed by atoms with Gasteiger partial charge in [0.1, 0.15) is 0 Å². The molecule has 1 aliphatic heterocycles. The minimum Gasteiger partial charge on any atom is -0.398 e. The molecule has 2 unspecified atom stereocenters. The predicted molar refractivity (Wildman–Crippen MR) is 148 cm³/mol. The number of nitrogens with two attached hydrogens (primary N) is 1. The average molecular weight is 462 g/mol. The zero-order valence-electron chi connectivity index (χ0n) is 20.5. The van der Waals surface area contributed by atoms with E-state index in [0.717, 1.165) is 12.1 Å². The summed E-state index contributed by atoms with van der Waals surface area (Å²) >= 11 is 0. The van der Waals surface area contributed by atoms with Crippen molar-refractivity contribution in [1.29, 1.82) is 0 Å². The van der Waals surface area contributed by atoms with Gasteiger partial charge in [-0.25, -0.2) is 0 Å². The third-order valence-electron chi connectivity index (χ3n) is 8.08. The van der Waals surface area contributed by atoms with E-state index in [1.54, 1.807) is 0 Å². The van der Waals surface area contributed by atoms with E-state index in [1.165, 1.54) is 49.6 Å². The van der Waals surface area contributed by atoms with Gasteiger partial charge >= 0.3 is 0 Å². The number of nitrogen functional groups attached to an aromatic ring is 1. The topological polar surface area (TPSA) is 26.0 Å². The number of fused-ring (bicyclic) bond motifs is 9. The largest absolute Gasteiger partial charge is 0.398 e. The zero-order chi connectivity index (χ0) is 23.6. The van der Waals surface area contributed by atoms with Gasteiger partial charge in [0.2, 0.25) is 0 Å². The molecule has 34 heavy (non-hydrogen) atoms. The lowest BCUT2D eigenvalue weighted by molar-refractivity contribution is 0.732. The summed E-state index contributed by atoms with van der Waals surface area (Å²) in [6, 6.07) is 32.0. The van der Waals surface area contributed by atoms with E-state index in [4.69, 9.17) is 5.73 Å². The highest BCUT2D eigenvalue weighted by Gasteiger charge is 2.52. The fourth-order valence-corrected chi connectivity index (χ4v) is 9.41. The third-order valence-corrected chi connectivity index (χ3v) is 11.0. The van der Waals surface area contributed by atoms with Crippen molar-refractivity contribution in [3.05, 3.63) is 113 Å². The lowest BCUT2D eigenvalue weighted by Gasteiger charge is -2.45. The maximum Gasteiger partial charge on any atom is 0.0726 e. The fraction of sp³-hybridized carbons (Fsp3) is 0.250. The molecule has 0 saturated carbocycles. The van der Waals surface area contributed by atoms with Crippen LogP contribution in [0.5, 0.6) is 0 Å². The van der Waals surface area contributed by atoms with Gasteiger partial charge in [-0.3, -0.25) is 0 Å². The highest BCUT2D eigenvalue weighted by atomic mass is 31.1. The molecule has 0 radical (unpaired) electrons. The maximum atomic E-state index is 7.17. The summed E-state index contributed by atoms with van der Waals surface area (Å²) in [5.74, 6) is 0.450. The molecule has 1 nitrogen and oxygen atoms in total. The molecule has 2 heteroatoms. The van der Waals surface area contributed by atoms with Crippen LogP contribution < -0.4 is 16.3 Å². The van der Waals surface area contributed by atoms with E-state index in [1.807, 2.05) is 0 Å². The Bertz CT molecular complexity index is 1370. The van der Waals surface area contributed by atoms with Gasteiger partial charge in [0.25, 0.3) is 0 Å². The van der Waals surface area contributed by atoms with E-state index in [0.29, 0.717) is 11.6 Å². The predicted octanol–water partition coefficient (Wildman–Crippen LogP) is 7.30. The number of benzene rings is 4. The molecular weight excluding hydrogens is 429 g/mol. The van der Waals surface area contributed by atoms with E-state index < -0.39 is 7.92 Å². The van der Waals surface area contributed by atoms with Crippen molar-refractivity contribution < 1.29 is 0 Å². The highest BCUT2D eigenvalue weighted by molar-refractivity contribution is 7.74. The Morgan fingerprint density at radius 1 is 0.706 bits per heavy atom. The minimum atomic E-state index is -0.575. The van der Waals surface area contributed by atoms with Crippen molar-refractivity contribution in [2.75, 3.05) is 5.73 Å². The minimum absolute atomic E-state index is 0.324. The molecule has 0 fully saturated rings. The molecule has 4 aromatic carbocycles. The first-order valence-corrected chi connectivity index (χ1v) is 13.9. The quantitative estimate of drug-likeness (QED) is 0.221. The molecule has 0 bridgehead atoms. The second-order valence-corrected chi connectivity index (χ2v) is 12.8. The van der Waals surface area contributed by atoms with Gasteiger partial charge < -0.3 is 5.73 Å². The molecular formula is C32H32NP. The van der Waals surface area contributed by atoms with Crippen molar-refractivity contribution in [2.24, 2.45) is 0 Å². The van der Waals surface area contributed by atoms with Crippen LogP contribution in [0.3, 0.4) is 0 Å². The van der Waals surface area contributed by atoms with Crippen molar-refractivity contribution in [3.63, 3.8) is 0 Å². The molecule has 0 amide bonds. The van der Waals surface area contributed by atoms with Gasteiger partial charge in [0.05, 0.1) is 5.41 Å². The van der Waals surface area contributed by atoms with Gasteiger partial charge in [-0.1, -0.05) is 113 Å². The molecule has 2 atom stereocenters. The summed E-state index contributed by atoms with van der Waals surface area (Å²) in [4.78, 5) is 0. The van der Waals surface area contributed by atoms with Gasteiger partial charge in [-0.15, -0.1) is 0 Å². The summed E-state index contributed by atoms with van der Waals surface area (Å²) in [7, 11) is -0.575. The van der Waals surface area contributed by atoms with Gasteiger partial charge in [-0.05, 0) is 70.2 Å². The molecule has 4 aromatic rings. The van der Waals surface area contributed by atoms with Crippen molar-refractivity contribution in [3.8, 4) is 11.1 Å². The van der Waals surface area contributed by atoms with Gasteiger partial charge in [0.15, 0.2) is 0 Å². The van der Waals surface area contributed by atoms with Crippen LogP contribution >= 0.6 is 7.92 Å². The monoisotopic (exact) mass is 461 g/mol. The molecule has 2 N–H and O–H groups in total. The maximum absolute atomic E-state index is 7.17. The molecule has 1 aliphatic carbocycles. The number of anilines is 1. The Morgan fingerprint density at radius 2 is 1.26 bits per heavy atom. The van der Waals surface area contributed by atoms with Crippen LogP contribution in [0.25, 0.3) is 11.1 Å². The summed E-state index contributed by atoms with van der Waals surface area (Å²) in [6.45, 7) is 9.31. The Kier molecular flexibility index (Phi) is 4.98. The summed E-state index contributed by atoms with van der Waals surface area (Å²) in [6.07, 6.45) is 1.09. The Balaban J connectivity index is 1.82. The Labute approximate surface area is 204 Å². The van der Waals surface area contributed by atoms with Crippen molar-refractivity contribution >= 4 is 24.2 Å². The molecule has 1 heterocycles. The summed E-state index contributed by atoms with van der Waals surface area (Å²) in [5.41, 5.74) is 18.0. The smallest absolute Gasteiger partial charge is 0.0726 e. The van der Waals surface area contributed by atoms with Crippen LogP contribution in [0.2, 0.25) is 0 Å². The molecule has 6 rings (SSSR count). The average Bonchev–Trinajstić information content (AvgIpc) is 3.15. The normalized spacial score (nSPS) is 17.7. The second kappa shape index (κ2) is 7.82. The first kappa shape index (κ1) is 21.6. The Hall–Kier alpha value is -2.89. The van der Waals surface area contributed by atoms with Crippen LogP contribution in [-0.2, 0) is 5.41 Å². The van der Waals surface area contributed by atoms with Crippen molar-refractivity contribution in [1.82, 2.24) is 0 Å². The standard InChI is InChI=1S/C32H32NP/c1-5-21(4)22-18-19-28-31(30(22)33)34(20(2)3)29-17-11-10-16-27(29)32(28)25-14-8-6-12-23(25)24-13-7-9-15-26(24)32/h6-21H,5,33H2,1-4H3. The molecule has 2 aliphatic rings. The van der Waals surface area contributed by atoms with E-state index in [2.05, 4.69) is 113 Å². The van der Waals surface area contributed by atoms with E-state index in [-0.39, 0.29) is 5.41 Å². The van der Waals surface area contributed by atoms with E-state index >= 15 is 0 Å². The van der Waals surface area contributed by atoms with Crippen LogP contribution in [-0.4, -0.2) is 5.66 Å². The molecule has 0 saturated heterocycles. The number of rotatable bonds is 3. The first-order chi connectivity index (χ1) is 16.5. The highest BCUT2D eigenvalue weighted by Crippen LogP contribution is 2.61. The number of hydrogen-bond donors (Lipinski definition) is 1. The van der Waals surface area contributed by atoms with Crippen LogP contribution in [0.4, 0.5) is 5.69 Å². The third kappa shape index (κ3) is 2.65. The lowest BCUT2D eigenvalue weighted by atomic mass is 9.67. The van der Waals surface area contributed by atoms with Crippen LogP contribution in [0.1, 0.15) is 67.9 Å². The van der Waals surface area contributed by atoms with Crippen LogP contribution in [0.15, 0.2) is 84.9 Å². The van der Waals surface area contributed by atoms with Gasteiger partial charge in [0, 0.05) is 11.0 Å². The lowest BCUT2D eigenvalue weighted by Crippen LogP contribution is -2.44. The second-order valence-electron chi connectivity index (χ2n) is 10.1. The molecule has 170 valence electrons. The first-order valence-electron chi connectivity index (χ1n) is 12.5. The summed E-state index contributed by atoms with van der Waals surface area (Å²) < 4.78 is 0. The SMILES string of the molecule is CCC(C)c1ccc2c(c1N)P(C(C)C)c1ccccc1C21c2ccccc2-c2ccccc21. The fourth-order valence-electron chi connectivity index (χ4n) is 6.45. The van der Waals surface area contributed by atoms with Crippen LogP contribution in [0, 0.1) is 0 Å². The van der Waals surface area contributed by atoms with Crippen molar-refractivity contribution in [2.45, 2.75) is 51.1 Å². The number of hydrogen-bond acceptors (Lipinski definition) is 1. The zero-order valence-corrected chi connectivity index (χ0v) is 21.4. The molecule has 1 spiro atoms. The Morgan fingerprint density at radius 3 is 1.85 bits per heavy atom. The summed E-state index contributed by atoms with van der Waals surface area (Å²) in [5, 5.41) is 2.90. The van der Waals surface area contributed by atoms with E-state index in [9.17, 15) is 0 Å².